The first-order chi connectivity index (χ1) is 13.6. The summed E-state index contributed by atoms with van der Waals surface area (Å²) in [6.07, 6.45) is 1.10. The molecule has 0 saturated carbocycles. The van der Waals surface area contributed by atoms with Gasteiger partial charge in [-0.25, -0.2) is 13.2 Å². The highest BCUT2D eigenvalue weighted by molar-refractivity contribution is 7.90. The van der Waals surface area contributed by atoms with Crippen LogP contribution in [0.1, 0.15) is 22.8 Å². The van der Waals surface area contributed by atoms with E-state index in [4.69, 9.17) is 0 Å². The number of urea groups is 1. The van der Waals surface area contributed by atoms with Crippen LogP contribution in [0.3, 0.4) is 0 Å². The van der Waals surface area contributed by atoms with Crippen LogP contribution in [0.15, 0.2) is 47.4 Å². The number of nitrogens with zero attached hydrogens (tertiary/aromatic N) is 2. The van der Waals surface area contributed by atoms with E-state index in [0.717, 1.165) is 6.26 Å². The molecule has 9 heteroatoms. The van der Waals surface area contributed by atoms with E-state index in [1.807, 2.05) is 0 Å². The fraction of sp³-hybridized carbons (Fsp3) is 0.250. The SMILES string of the molecule is CC(=O)N1CCN(c2cccc(NC(=O)c3ccc(S(C)(=O)=O)cc3)c2C)C1=O. The summed E-state index contributed by atoms with van der Waals surface area (Å²) < 4.78 is 23.1. The first-order valence-electron chi connectivity index (χ1n) is 8.90. The van der Waals surface area contributed by atoms with Crippen LogP contribution in [-0.4, -0.2) is 50.5 Å². The molecule has 1 fully saturated rings. The van der Waals surface area contributed by atoms with Gasteiger partial charge in [-0.1, -0.05) is 6.07 Å². The van der Waals surface area contributed by atoms with E-state index in [2.05, 4.69) is 5.32 Å². The van der Waals surface area contributed by atoms with Crippen molar-refractivity contribution in [3.05, 3.63) is 53.6 Å². The van der Waals surface area contributed by atoms with Gasteiger partial charge in [-0.2, -0.15) is 0 Å². The zero-order chi connectivity index (χ0) is 21.3. The Morgan fingerprint density at radius 3 is 2.24 bits per heavy atom. The summed E-state index contributed by atoms with van der Waals surface area (Å²) in [5.41, 5.74) is 2.13. The second-order valence-corrected chi connectivity index (χ2v) is 8.82. The molecule has 152 valence electrons. The molecular formula is C20H21N3O5S. The molecule has 1 aliphatic rings. The topological polar surface area (TPSA) is 104 Å². The zero-order valence-corrected chi connectivity index (χ0v) is 17.1. The molecule has 1 heterocycles. The van der Waals surface area contributed by atoms with Gasteiger partial charge in [0.1, 0.15) is 0 Å². The highest BCUT2D eigenvalue weighted by Crippen LogP contribution is 2.30. The fourth-order valence-corrected chi connectivity index (χ4v) is 3.78. The summed E-state index contributed by atoms with van der Waals surface area (Å²) in [5.74, 6) is -0.708. The standard InChI is InChI=1S/C20H21N3O5S/c1-13-17(21-19(25)15-7-9-16(10-8-15)29(3,27)28)5-4-6-18(13)23-12-11-22(14(2)24)20(23)26/h4-10H,11-12H2,1-3H3,(H,21,25). The average Bonchev–Trinajstić information content (AvgIpc) is 3.04. The number of sulfone groups is 1. The molecule has 0 aromatic heterocycles. The van der Waals surface area contributed by atoms with Crippen molar-refractivity contribution in [3.8, 4) is 0 Å². The highest BCUT2D eigenvalue weighted by Gasteiger charge is 2.33. The Bertz CT molecular complexity index is 1090. The molecule has 0 spiro atoms. The fourth-order valence-electron chi connectivity index (χ4n) is 3.15. The minimum Gasteiger partial charge on any atom is -0.322 e. The van der Waals surface area contributed by atoms with Crippen LogP contribution < -0.4 is 10.2 Å². The minimum absolute atomic E-state index is 0.134. The number of hydrogen-bond acceptors (Lipinski definition) is 5. The quantitative estimate of drug-likeness (QED) is 0.826. The van der Waals surface area contributed by atoms with E-state index < -0.39 is 15.7 Å². The zero-order valence-electron chi connectivity index (χ0n) is 16.3. The molecule has 1 saturated heterocycles. The average molecular weight is 415 g/mol. The molecule has 0 radical (unpaired) electrons. The number of anilines is 2. The lowest BCUT2D eigenvalue weighted by atomic mass is 10.1. The third-order valence-electron chi connectivity index (χ3n) is 4.78. The largest absolute Gasteiger partial charge is 0.331 e. The maximum absolute atomic E-state index is 12.6. The normalized spacial score (nSPS) is 14.2. The number of imide groups is 1. The maximum atomic E-state index is 12.6. The molecule has 0 unspecified atom stereocenters. The lowest BCUT2D eigenvalue weighted by Gasteiger charge is -2.20. The second kappa shape index (κ2) is 7.67. The summed E-state index contributed by atoms with van der Waals surface area (Å²) in [6.45, 7) is 3.82. The molecule has 29 heavy (non-hydrogen) atoms. The van der Waals surface area contributed by atoms with Gasteiger partial charge in [-0.05, 0) is 48.9 Å². The number of amides is 4. The molecular weight excluding hydrogens is 394 g/mol. The van der Waals surface area contributed by atoms with Crippen LogP contribution in [0.4, 0.5) is 16.2 Å². The number of carbonyl (C=O) groups excluding carboxylic acids is 3. The van der Waals surface area contributed by atoms with Crippen molar-refractivity contribution in [1.29, 1.82) is 0 Å². The van der Waals surface area contributed by atoms with Crippen molar-refractivity contribution in [3.63, 3.8) is 0 Å². The van der Waals surface area contributed by atoms with Gasteiger partial charge in [0, 0.05) is 37.5 Å². The highest BCUT2D eigenvalue weighted by atomic mass is 32.2. The van der Waals surface area contributed by atoms with Crippen LogP contribution in [0.25, 0.3) is 0 Å². The van der Waals surface area contributed by atoms with Crippen LogP contribution in [-0.2, 0) is 14.6 Å². The monoisotopic (exact) mass is 415 g/mol. The molecule has 4 amide bonds. The molecule has 2 aromatic carbocycles. The number of nitrogens with one attached hydrogen (secondary N) is 1. The maximum Gasteiger partial charge on any atom is 0.331 e. The van der Waals surface area contributed by atoms with E-state index >= 15 is 0 Å². The summed E-state index contributed by atoms with van der Waals surface area (Å²) >= 11 is 0. The van der Waals surface area contributed by atoms with Gasteiger partial charge >= 0.3 is 6.03 Å². The lowest BCUT2D eigenvalue weighted by molar-refractivity contribution is -0.125. The van der Waals surface area contributed by atoms with Crippen molar-refractivity contribution in [1.82, 2.24) is 4.90 Å². The van der Waals surface area contributed by atoms with E-state index in [0.29, 0.717) is 35.6 Å². The Labute approximate surface area is 169 Å². The Kier molecular flexibility index (Phi) is 5.43. The van der Waals surface area contributed by atoms with Crippen LogP contribution in [0, 0.1) is 6.92 Å². The van der Waals surface area contributed by atoms with Gasteiger partial charge in [0.15, 0.2) is 9.84 Å². The van der Waals surface area contributed by atoms with Gasteiger partial charge in [0.05, 0.1) is 10.6 Å². The number of carbonyl (C=O) groups is 3. The first-order valence-corrected chi connectivity index (χ1v) is 10.8. The van der Waals surface area contributed by atoms with Crippen molar-refractivity contribution in [2.45, 2.75) is 18.7 Å². The third kappa shape index (κ3) is 4.14. The second-order valence-electron chi connectivity index (χ2n) is 6.81. The van der Waals surface area contributed by atoms with E-state index in [-0.39, 0.29) is 16.8 Å². The predicted octanol–water partition coefficient (Wildman–Crippen LogP) is 2.44. The van der Waals surface area contributed by atoms with E-state index in [9.17, 15) is 22.8 Å². The number of benzene rings is 2. The molecule has 0 atom stereocenters. The number of rotatable bonds is 4. The summed E-state index contributed by atoms with van der Waals surface area (Å²) in [5, 5.41) is 2.79. The Hall–Kier alpha value is -3.20. The summed E-state index contributed by atoms with van der Waals surface area (Å²) in [4.78, 5) is 39.4. The van der Waals surface area contributed by atoms with Gasteiger partial charge < -0.3 is 5.32 Å². The number of hydrogen-bond donors (Lipinski definition) is 1. The Morgan fingerprint density at radius 2 is 1.69 bits per heavy atom. The van der Waals surface area contributed by atoms with Crippen molar-refractivity contribution in [2.24, 2.45) is 0 Å². The van der Waals surface area contributed by atoms with Gasteiger partial charge in [0.2, 0.25) is 5.91 Å². The van der Waals surface area contributed by atoms with Crippen molar-refractivity contribution in [2.75, 3.05) is 29.6 Å². The van der Waals surface area contributed by atoms with Gasteiger partial charge in [-0.15, -0.1) is 0 Å². The Morgan fingerprint density at radius 1 is 1.03 bits per heavy atom. The predicted molar refractivity (Wildman–Crippen MR) is 109 cm³/mol. The third-order valence-corrected chi connectivity index (χ3v) is 5.91. The van der Waals surface area contributed by atoms with Crippen molar-refractivity contribution < 1.29 is 22.8 Å². The molecule has 0 aliphatic carbocycles. The molecule has 2 aromatic rings. The molecule has 0 bridgehead atoms. The molecule has 1 aliphatic heterocycles. The first kappa shape index (κ1) is 20.5. The van der Waals surface area contributed by atoms with Gasteiger partial charge in [-0.3, -0.25) is 19.4 Å². The van der Waals surface area contributed by atoms with E-state index in [1.165, 1.54) is 41.0 Å². The van der Waals surface area contributed by atoms with Crippen LogP contribution in [0.5, 0.6) is 0 Å². The minimum atomic E-state index is -3.34. The summed E-state index contributed by atoms with van der Waals surface area (Å²) in [7, 11) is -3.34. The molecule has 1 N–H and O–H groups in total. The van der Waals surface area contributed by atoms with Gasteiger partial charge in [0.25, 0.3) is 5.91 Å². The molecule has 3 rings (SSSR count). The lowest BCUT2D eigenvalue weighted by Crippen LogP contribution is -2.35. The van der Waals surface area contributed by atoms with E-state index in [1.54, 1.807) is 25.1 Å². The van der Waals surface area contributed by atoms with Crippen LogP contribution in [0.2, 0.25) is 0 Å². The Balaban J connectivity index is 1.82. The summed E-state index contributed by atoms with van der Waals surface area (Å²) in [6, 6.07) is 10.5. The molecule has 8 nitrogen and oxygen atoms in total. The smallest absolute Gasteiger partial charge is 0.322 e. The van der Waals surface area contributed by atoms with Crippen LogP contribution >= 0.6 is 0 Å². The van der Waals surface area contributed by atoms with Crippen molar-refractivity contribution >= 4 is 39.1 Å².